The maximum Gasteiger partial charge on any atom is 0.173 e. The number of hydrogen-bond donors (Lipinski definition) is 1. The summed E-state index contributed by atoms with van der Waals surface area (Å²) in [6, 6.07) is 5.53. The summed E-state index contributed by atoms with van der Waals surface area (Å²) in [6.07, 6.45) is 1.68. The van der Waals surface area contributed by atoms with Crippen molar-refractivity contribution < 1.29 is 0 Å². The fourth-order valence-corrected chi connectivity index (χ4v) is 2.93. The zero-order chi connectivity index (χ0) is 14.1. The Labute approximate surface area is 135 Å². The largest absolute Gasteiger partial charge is 0.365 e. The second kappa shape index (κ2) is 5.76. The van der Waals surface area contributed by atoms with Crippen molar-refractivity contribution >= 4 is 50.8 Å². The van der Waals surface area contributed by atoms with Crippen molar-refractivity contribution in [1.82, 2.24) is 9.97 Å². The van der Waals surface area contributed by atoms with Crippen LogP contribution < -0.4 is 10.2 Å². The first-order valence-electron chi connectivity index (χ1n) is 6.09. The third-order valence-corrected chi connectivity index (χ3v) is 4.20. The lowest BCUT2D eigenvalue weighted by Crippen LogP contribution is -2.35. The highest BCUT2D eigenvalue weighted by Crippen LogP contribution is 2.31. The average Bonchev–Trinajstić information content (AvgIpc) is 2.43. The molecule has 4 nitrogen and oxygen atoms in total. The highest BCUT2D eigenvalue weighted by Gasteiger charge is 2.21. The van der Waals surface area contributed by atoms with E-state index in [1.54, 1.807) is 6.20 Å². The summed E-state index contributed by atoms with van der Waals surface area (Å²) in [5.41, 5.74) is 0.908. The van der Waals surface area contributed by atoms with Crippen molar-refractivity contribution in [3.8, 4) is 0 Å². The number of nitrogens with one attached hydrogen (secondary N) is 1. The van der Waals surface area contributed by atoms with E-state index in [0.29, 0.717) is 21.2 Å². The number of hydrogen-bond acceptors (Lipinski definition) is 4. The molecule has 0 aliphatic carbocycles. The lowest BCUT2D eigenvalue weighted by Gasteiger charge is -2.30. The summed E-state index contributed by atoms with van der Waals surface area (Å²) < 4.78 is 0.704. The number of benzene rings is 1. The topological polar surface area (TPSA) is 41.0 Å². The summed E-state index contributed by atoms with van der Waals surface area (Å²) in [5, 5.41) is 4.57. The van der Waals surface area contributed by atoms with Crippen LogP contribution in [0.1, 0.15) is 5.56 Å². The van der Waals surface area contributed by atoms with Crippen LogP contribution in [-0.2, 0) is 6.54 Å². The van der Waals surface area contributed by atoms with Gasteiger partial charge in [0.25, 0.3) is 0 Å². The summed E-state index contributed by atoms with van der Waals surface area (Å²) in [6.45, 7) is 2.24. The molecule has 0 unspecified atom stereocenters. The van der Waals surface area contributed by atoms with Crippen LogP contribution in [0.3, 0.4) is 0 Å². The molecule has 0 spiro atoms. The molecule has 0 amide bonds. The molecule has 3 rings (SSSR count). The number of anilines is 2. The van der Waals surface area contributed by atoms with Crippen LogP contribution in [0.5, 0.6) is 0 Å². The fraction of sp³-hybridized carbons (Fsp3) is 0.231. The lowest BCUT2D eigenvalue weighted by atomic mass is 10.2. The van der Waals surface area contributed by atoms with Gasteiger partial charge in [-0.15, -0.1) is 0 Å². The van der Waals surface area contributed by atoms with Crippen LogP contribution >= 0.6 is 39.1 Å². The molecule has 1 aromatic carbocycles. The van der Waals surface area contributed by atoms with Crippen LogP contribution in [-0.4, -0.2) is 23.1 Å². The van der Waals surface area contributed by atoms with E-state index in [9.17, 15) is 0 Å². The molecule has 0 saturated carbocycles. The molecule has 0 atom stereocenters. The molecular weight excluding hydrogens is 363 g/mol. The van der Waals surface area contributed by atoms with E-state index in [1.807, 2.05) is 18.2 Å². The van der Waals surface area contributed by atoms with Crippen LogP contribution in [0, 0.1) is 0 Å². The normalized spacial score (nSPS) is 13.8. The molecule has 0 fully saturated rings. The highest BCUT2D eigenvalue weighted by atomic mass is 79.9. The molecule has 20 heavy (non-hydrogen) atoms. The van der Waals surface area contributed by atoms with Gasteiger partial charge in [0.15, 0.2) is 11.6 Å². The highest BCUT2D eigenvalue weighted by molar-refractivity contribution is 9.10. The zero-order valence-corrected chi connectivity index (χ0v) is 13.5. The fourth-order valence-electron chi connectivity index (χ4n) is 2.15. The standard InChI is InChI=1S/C13H11BrCl2N4/c14-11-6-18-12-13(19-11)20(5-4-17-12)7-8-9(15)2-1-3-10(8)16/h1-3,6H,4-5,7H2,(H,17,18). The summed E-state index contributed by atoms with van der Waals surface area (Å²) >= 11 is 15.8. The van der Waals surface area contributed by atoms with Crippen molar-refractivity contribution in [2.75, 3.05) is 23.3 Å². The smallest absolute Gasteiger partial charge is 0.173 e. The second-order valence-corrected chi connectivity index (χ2v) is 6.04. The van der Waals surface area contributed by atoms with E-state index in [2.05, 4.69) is 36.1 Å². The van der Waals surface area contributed by atoms with Gasteiger partial charge in [0.2, 0.25) is 0 Å². The first-order chi connectivity index (χ1) is 9.65. The van der Waals surface area contributed by atoms with Gasteiger partial charge in [0.05, 0.1) is 6.20 Å². The molecule has 7 heteroatoms. The van der Waals surface area contributed by atoms with E-state index >= 15 is 0 Å². The third-order valence-electron chi connectivity index (χ3n) is 3.11. The van der Waals surface area contributed by atoms with Crippen molar-refractivity contribution in [3.05, 3.63) is 44.6 Å². The van der Waals surface area contributed by atoms with Crippen LogP contribution in [0.15, 0.2) is 29.0 Å². The van der Waals surface area contributed by atoms with Gasteiger partial charge < -0.3 is 10.2 Å². The van der Waals surface area contributed by atoms with Crippen LogP contribution in [0.25, 0.3) is 0 Å². The van der Waals surface area contributed by atoms with Crippen molar-refractivity contribution in [1.29, 1.82) is 0 Å². The Morgan fingerprint density at radius 1 is 1.30 bits per heavy atom. The Morgan fingerprint density at radius 2 is 2.05 bits per heavy atom. The molecule has 1 aliphatic heterocycles. The molecule has 0 saturated heterocycles. The second-order valence-electron chi connectivity index (χ2n) is 4.41. The van der Waals surface area contributed by atoms with Gasteiger partial charge in [0.1, 0.15) is 4.60 Å². The molecule has 0 bridgehead atoms. The zero-order valence-electron chi connectivity index (χ0n) is 10.4. The number of rotatable bonds is 2. The van der Waals surface area contributed by atoms with Gasteiger partial charge >= 0.3 is 0 Å². The van der Waals surface area contributed by atoms with Crippen molar-refractivity contribution in [2.24, 2.45) is 0 Å². The Kier molecular flexibility index (Phi) is 4.01. The summed E-state index contributed by atoms with van der Waals surface area (Å²) in [4.78, 5) is 10.9. The van der Waals surface area contributed by atoms with Gasteiger partial charge in [-0.1, -0.05) is 29.3 Å². The van der Waals surface area contributed by atoms with E-state index in [-0.39, 0.29) is 0 Å². The SMILES string of the molecule is Clc1cccc(Cl)c1CN1CCNc2ncc(Br)nc21. The number of aromatic nitrogens is 2. The molecule has 2 aromatic rings. The van der Waals surface area contributed by atoms with Gasteiger partial charge in [0, 0.05) is 35.2 Å². The van der Waals surface area contributed by atoms with E-state index in [0.717, 1.165) is 30.3 Å². The minimum absolute atomic E-state index is 0.609. The minimum Gasteiger partial charge on any atom is -0.365 e. The summed E-state index contributed by atoms with van der Waals surface area (Å²) in [7, 11) is 0. The minimum atomic E-state index is 0.609. The first kappa shape index (κ1) is 13.9. The Bertz CT molecular complexity index is 630. The maximum absolute atomic E-state index is 6.24. The first-order valence-corrected chi connectivity index (χ1v) is 7.64. The molecule has 1 N–H and O–H groups in total. The van der Waals surface area contributed by atoms with Crippen LogP contribution in [0.4, 0.5) is 11.6 Å². The predicted octanol–water partition coefficient (Wildman–Crippen LogP) is 3.98. The number of fused-ring (bicyclic) bond motifs is 1. The van der Waals surface area contributed by atoms with E-state index in [1.165, 1.54) is 0 Å². The quantitative estimate of drug-likeness (QED) is 0.864. The van der Waals surface area contributed by atoms with Crippen molar-refractivity contribution in [2.45, 2.75) is 6.54 Å². The van der Waals surface area contributed by atoms with Crippen molar-refractivity contribution in [3.63, 3.8) is 0 Å². The average molecular weight is 374 g/mol. The molecular formula is C13H11BrCl2N4. The van der Waals surface area contributed by atoms with Gasteiger partial charge in [-0.2, -0.15) is 0 Å². The maximum atomic E-state index is 6.24. The molecule has 1 aromatic heterocycles. The molecule has 2 heterocycles. The third kappa shape index (κ3) is 2.71. The predicted molar refractivity (Wildman–Crippen MR) is 85.7 cm³/mol. The number of nitrogens with zero attached hydrogens (tertiary/aromatic N) is 3. The van der Waals surface area contributed by atoms with E-state index < -0.39 is 0 Å². The molecule has 104 valence electrons. The lowest BCUT2D eigenvalue weighted by molar-refractivity contribution is 0.760. The van der Waals surface area contributed by atoms with Gasteiger partial charge in [-0.05, 0) is 28.1 Å². The molecule has 0 radical (unpaired) electrons. The van der Waals surface area contributed by atoms with E-state index in [4.69, 9.17) is 23.2 Å². The summed E-state index contributed by atoms with van der Waals surface area (Å²) in [5.74, 6) is 1.59. The van der Waals surface area contributed by atoms with Gasteiger partial charge in [-0.25, -0.2) is 9.97 Å². The number of halogens is 3. The Morgan fingerprint density at radius 3 is 2.80 bits per heavy atom. The Hall–Kier alpha value is -1.04. The van der Waals surface area contributed by atoms with Crippen LogP contribution in [0.2, 0.25) is 10.0 Å². The van der Waals surface area contributed by atoms with Gasteiger partial charge in [-0.3, -0.25) is 0 Å². The molecule has 1 aliphatic rings. The Balaban J connectivity index is 1.95. The monoisotopic (exact) mass is 372 g/mol.